The fourth-order valence-electron chi connectivity index (χ4n) is 3.11. The van der Waals surface area contributed by atoms with Gasteiger partial charge < -0.3 is 20.1 Å². The maximum absolute atomic E-state index is 12.3. The van der Waals surface area contributed by atoms with Crippen molar-refractivity contribution in [2.45, 2.75) is 32.5 Å². The topological polar surface area (TPSA) is 59.6 Å². The molecule has 0 aromatic heterocycles. The van der Waals surface area contributed by atoms with Gasteiger partial charge in [-0.25, -0.2) is 4.79 Å². The average Bonchev–Trinajstić information content (AvgIpc) is 2.64. The van der Waals surface area contributed by atoms with Crippen LogP contribution in [0.3, 0.4) is 0 Å². The summed E-state index contributed by atoms with van der Waals surface area (Å²) in [5.41, 5.74) is 2.99. The van der Waals surface area contributed by atoms with Crippen LogP contribution in [-0.4, -0.2) is 19.2 Å². The number of benzene rings is 2. The van der Waals surface area contributed by atoms with Crippen LogP contribution in [0.15, 0.2) is 48.5 Å². The van der Waals surface area contributed by atoms with Gasteiger partial charge in [0.1, 0.15) is 12.4 Å². The van der Waals surface area contributed by atoms with Gasteiger partial charge in [-0.1, -0.05) is 37.3 Å². The van der Waals surface area contributed by atoms with E-state index in [1.54, 1.807) is 7.11 Å². The number of amides is 1. The highest BCUT2D eigenvalue weighted by Gasteiger charge is 2.33. The van der Waals surface area contributed by atoms with Crippen molar-refractivity contribution in [3.05, 3.63) is 59.7 Å². The second-order valence-electron chi connectivity index (χ2n) is 6.43. The molecule has 1 amide bonds. The lowest BCUT2D eigenvalue weighted by molar-refractivity contribution is 0.131. The van der Waals surface area contributed by atoms with Crippen LogP contribution in [0.1, 0.15) is 31.0 Å². The number of hydrogen-bond donors (Lipinski definition) is 2. The van der Waals surface area contributed by atoms with E-state index >= 15 is 0 Å². The molecule has 2 aromatic carbocycles. The molecule has 0 spiro atoms. The Balaban J connectivity index is 1.73. The third kappa shape index (κ3) is 3.87. The van der Waals surface area contributed by atoms with E-state index in [1.165, 1.54) is 0 Å². The number of ether oxygens (including phenoxy) is 2. The van der Waals surface area contributed by atoms with Gasteiger partial charge in [-0.15, -0.1) is 0 Å². The molecule has 0 radical (unpaired) electrons. The van der Waals surface area contributed by atoms with Crippen LogP contribution in [0.25, 0.3) is 0 Å². The number of alkyl carbamates (subject to hydrolysis) is 1. The highest BCUT2D eigenvalue weighted by molar-refractivity contribution is 5.70. The number of hydrogen-bond acceptors (Lipinski definition) is 4. The molecule has 2 N–H and O–H groups in total. The Morgan fingerprint density at radius 3 is 2.64 bits per heavy atom. The highest BCUT2D eigenvalue weighted by Crippen LogP contribution is 2.38. The van der Waals surface area contributed by atoms with Crippen molar-refractivity contribution in [1.29, 1.82) is 0 Å². The zero-order valence-electron chi connectivity index (χ0n) is 14.8. The summed E-state index contributed by atoms with van der Waals surface area (Å²) >= 11 is 0. The number of carbonyl (C=O) groups excluding carboxylic acids is 1. The molecule has 5 nitrogen and oxygen atoms in total. The second-order valence-corrected chi connectivity index (χ2v) is 6.43. The number of fused-ring (bicyclic) bond motifs is 1. The summed E-state index contributed by atoms with van der Waals surface area (Å²) in [5.74, 6) is 0.982. The van der Waals surface area contributed by atoms with Crippen molar-refractivity contribution in [2.75, 3.05) is 12.4 Å². The average molecular weight is 340 g/mol. The van der Waals surface area contributed by atoms with Crippen molar-refractivity contribution in [1.82, 2.24) is 5.32 Å². The molecule has 0 bridgehead atoms. The second kappa shape index (κ2) is 7.47. The minimum absolute atomic E-state index is 0.135. The van der Waals surface area contributed by atoms with Gasteiger partial charge in [0.2, 0.25) is 0 Å². The summed E-state index contributed by atoms with van der Waals surface area (Å²) in [7, 11) is 1.64. The highest BCUT2D eigenvalue weighted by atomic mass is 16.5. The molecule has 3 rings (SSSR count). The van der Waals surface area contributed by atoms with Crippen LogP contribution < -0.4 is 15.4 Å². The maximum atomic E-state index is 12.3. The Labute approximate surface area is 148 Å². The van der Waals surface area contributed by atoms with Gasteiger partial charge in [0.25, 0.3) is 0 Å². The summed E-state index contributed by atoms with van der Waals surface area (Å²) in [6, 6.07) is 15.6. The van der Waals surface area contributed by atoms with Crippen LogP contribution in [0.4, 0.5) is 10.5 Å². The van der Waals surface area contributed by atoms with Crippen LogP contribution in [0.2, 0.25) is 0 Å². The fourth-order valence-corrected chi connectivity index (χ4v) is 3.11. The molecule has 5 heteroatoms. The standard InChI is InChI=1S/C20H24N2O3/c1-13-14(2)21-18-10-9-16(24-3)11-17(18)19(13)22-20(23)25-12-15-7-5-4-6-8-15/h4-11,13-14,19,21H,12H2,1-3H3,(H,22,23)/t13?,14-,19?/m0/s1. The quantitative estimate of drug-likeness (QED) is 0.879. The molecule has 132 valence electrons. The van der Waals surface area contributed by atoms with E-state index in [0.29, 0.717) is 0 Å². The minimum atomic E-state index is -0.413. The summed E-state index contributed by atoms with van der Waals surface area (Å²) in [6.45, 7) is 4.48. The molecule has 2 unspecified atom stereocenters. The molecule has 0 saturated heterocycles. The lowest BCUT2D eigenvalue weighted by Gasteiger charge is -2.37. The Morgan fingerprint density at radius 1 is 1.16 bits per heavy atom. The van der Waals surface area contributed by atoms with Crippen LogP contribution >= 0.6 is 0 Å². The lowest BCUT2D eigenvalue weighted by atomic mass is 9.84. The minimum Gasteiger partial charge on any atom is -0.497 e. The first-order valence-corrected chi connectivity index (χ1v) is 8.50. The molecule has 3 atom stereocenters. The largest absolute Gasteiger partial charge is 0.497 e. The monoisotopic (exact) mass is 340 g/mol. The Morgan fingerprint density at radius 2 is 1.92 bits per heavy atom. The first-order valence-electron chi connectivity index (χ1n) is 8.50. The first-order chi connectivity index (χ1) is 12.1. The molecular weight excluding hydrogens is 316 g/mol. The predicted octanol–water partition coefficient (Wildman–Crippen LogP) is 4.11. The van der Waals surface area contributed by atoms with Crippen LogP contribution in [-0.2, 0) is 11.3 Å². The van der Waals surface area contributed by atoms with Crippen molar-refractivity contribution in [3.8, 4) is 5.75 Å². The zero-order chi connectivity index (χ0) is 17.8. The molecule has 0 aliphatic carbocycles. The van der Waals surface area contributed by atoms with E-state index in [9.17, 15) is 4.79 Å². The molecule has 0 saturated carbocycles. The number of rotatable bonds is 4. The molecule has 2 aromatic rings. The van der Waals surface area contributed by atoms with Gasteiger partial charge in [0, 0.05) is 23.2 Å². The molecule has 0 fully saturated rings. The van der Waals surface area contributed by atoms with Crippen molar-refractivity contribution < 1.29 is 14.3 Å². The number of anilines is 1. The molecular formula is C20H24N2O3. The summed E-state index contributed by atoms with van der Waals surface area (Å²) < 4.78 is 10.7. The molecule has 1 aliphatic heterocycles. The summed E-state index contributed by atoms with van der Waals surface area (Å²) in [5, 5.41) is 6.49. The van der Waals surface area contributed by atoms with E-state index in [4.69, 9.17) is 9.47 Å². The maximum Gasteiger partial charge on any atom is 0.407 e. The predicted molar refractivity (Wildman–Crippen MR) is 97.7 cm³/mol. The first kappa shape index (κ1) is 17.1. The Hall–Kier alpha value is -2.69. The van der Waals surface area contributed by atoms with Gasteiger partial charge in [-0.05, 0) is 30.7 Å². The summed E-state index contributed by atoms with van der Waals surface area (Å²) in [4.78, 5) is 12.3. The summed E-state index contributed by atoms with van der Waals surface area (Å²) in [6.07, 6.45) is -0.413. The smallest absolute Gasteiger partial charge is 0.407 e. The number of methoxy groups -OCH3 is 1. The Bertz CT molecular complexity index is 733. The van der Waals surface area contributed by atoms with E-state index < -0.39 is 6.09 Å². The third-order valence-electron chi connectivity index (χ3n) is 4.78. The van der Waals surface area contributed by atoms with Crippen LogP contribution in [0, 0.1) is 5.92 Å². The van der Waals surface area contributed by atoms with Gasteiger partial charge in [-0.2, -0.15) is 0 Å². The lowest BCUT2D eigenvalue weighted by Crippen LogP contribution is -2.42. The Kier molecular flexibility index (Phi) is 5.12. The molecule has 1 aliphatic rings. The van der Waals surface area contributed by atoms with Crippen molar-refractivity contribution in [3.63, 3.8) is 0 Å². The van der Waals surface area contributed by atoms with Gasteiger partial charge in [0.15, 0.2) is 0 Å². The van der Waals surface area contributed by atoms with E-state index in [-0.39, 0.29) is 24.6 Å². The molecule has 25 heavy (non-hydrogen) atoms. The third-order valence-corrected chi connectivity index (χ3v) is 4.78. The normalized spacial score (nSPS) is 21.6. The molecule has 1 heterocycles. The van der Waals surface area contributed by atoms with E-state index in [2.05, 4.69) is 24.5 Å². The van der Waals surface area contributed by atoms with Gasteiger partial charge in [-0.3, -0.25) is 0 Å². The van der Waals surface area contributed by atoms with E-state index in [0.717, 1.165) is 22.6 Å². The number of carbonyl (C=O) groups is 1. The van der Waals surface area contributed by atoms with Crippen molar-refractivity contribution in [2.24, 2.45) is 5.92 Å². The zero-order valence-corrected chi connectivity index (χ0v) is 14.8. The number of nitrogens with one attached hydrogen (secondary N) is 2. The van der Waals surface area contributed by atoms with Gasteiger partial charge in [0.05, 0.1) is 13.2 Å². The van der Waals surface area contributed by atoms with E-state index in [1.807, 2.05) is 48.5 Å². The van der Waals surface area contributed by atoms with Crippen LogP contribution in [0.5, 0.6) is 5.75 Å². The SMILES string of the molecule is COc1ccc2c(c1)C(NC(=O)OCc1ccccc1)C(C)[C@H](C)N2. The van der Waals surface area contributed by atoms with Gasteiger partial charge >= 0.3 is 6.09 Å². The van der Waals surface area contributed by atoms with Crippen molar-refractivity contribution >= 4 is 11.8 Å². The fraction of sp³-hybridized carbons (Fsp3) is 0.350.